The quantitative estimate of drug-likeness (QED) is 0.203. The van der Waals surface area contributed by atoms with Crippen molar-refractivity contribution in [3.05, 3.63) is 119 Å². The third-order valence-electron chi connectivity index (χ3n) is 6.21. The monoisotopic (exact) mass is 540 g/mol. The van der Waals surface area contributed by atoms with Gasteiger partial charge in [0.1, 0.15) is 25.1 Å². The number of aliphatic hydroxyl groups excluding tert-OH is 1. The summed E-state index contributed by atoms with van der Waals surface area (Å²) in [4.78, 5) is 13.3. The Kier molecular flexibility index (Phi) is 9.80. The number of carbonyl (C=O) groups excluding carboxylic acids is 1. The molecular formula is C33H32O7. The fourth-order valence-corrected chi connectivity index (χ4v) is 4.15. The molecule has 4 rings (SSSR count). The molecule has 0 saturated heterocycles. The molecule has 0 amide bonds. The van der Waals surface area contributed by atoms with Crippen LogP contribution in [-0.2, 0) is 18.0 Å². The minimum Gasteiger partial charge on any atom is -0.496 e. The summed E-state index contributed by atoms with van der Waals surface area (Å²) in [6.07, 6.45) is 1.31. The van der Waals surface area contributed by atoms with Gasteiger partial charge in [0.2, 0.25) is 0 Å². The standard InChI is InChI=1S/C33H32O7/c1-36-27-19-20-29(38-3)33(40-22-24-13-8-5-9-14-24)30(27)31(35)26(34)18-17-25-15-10-16-28(37-2)32(25)39-21-23-11-6-4-7-12-23/h4-20,31,35H,21-22H2,1-3H3/b18-17+. The summed E-state index contributed by atoms with van der Waals surface area (Å²) in [5.41, 5.74) is 2.70. The first-order chi connectivity index (χ1) is 19.5. The van der Waals surface area contributed by atoms with Crippen molar-refractivity contribution in [3.63, 3.8) is 0 Å². The zero-order valence-corrected chi connectivity index (χ0v) is 22.7. The predicted octanol–water partition coefficient (Wildman–Crippen LogP) is 6.19. The van der Waals surface area contributed by atoms with Gasteiger partial charge in [0.25, 0.3) is 0 Å². The Hall–Kier alpha value is -4.75. The second kappa shape index (κ2) is 13.9. The Balaban J connectivity index is 1.61. The Labute approximate surface area is 234 Å². The highest BCUT2D eigenvalue weighted by atomic mass is 16.5. The number of methoxy groups -OCH3 is 3. The summed E-state index contributed by atoms with van der Waals surface area (Å²) in [7, 11) is 4.51. The Morgan fingerprint density at radius 2 is 1.20 bits per heavy atom. The Morgan fingerprint density at radius 1 is 0.675 bits per heavy atom. The van der Waals surface area contributed by atoms with Crippen molar-refractivity contribution in [3.8, 4) is 28.7 Å². The molecule has 0 spiro atoms. The summed E-state index contributed by atoms with van der Waals surface area (Å²) < 4.78 is 28.6. The van der Waals surface area contributed by atoms with E-state index in [1.165, 1.54) is 20.3 Å². The number of carbonyl (C=O) groups is 1. The molecule has 1 N–H and O–H groups in total. The molecular weight excluding hydrogens is 508 g/mol. The lowest BCUT2D eigenvalue weighted by atomic mass is 10.0. The Bertz CT molecular complexity index is 1430. The van der Waals surface area contributed by atoms with Crippen LogP contribution in [0.1, 0.15) is 28.4 Å². The lowest BCUT2D eigenvalue weighted by Crippen LogP contribution is -2.13. The molecule has 0 aliphatic heterocycles. The molecule has 0 fully saturated rings. The van der Waals surface area contributed by atoms with E-state index in [9.17, 15) is 9.90 Å². The highest BCUT2D eigenvalue weighted by Crippen LogP contribution is 2.42. The van der Waals surface area contributed by atoms with Crippen LogP contribution < -0.4 is 23.7 Å². The molecule has 0 saturated carbocycles. The van der Waals surface area contributed by atoms with E-state index in [0.29, 0.717) is 35.2 Å². The van der Waals surface area contributed by atoms with Gasteiger partial charge in [-0.1, -0.05) is 72.8 Å². The van der Waals surface area contributed by atoms with E-state index in [0.717, 1.165) is 11.1 Å². The number of benzene rings is 4. The minimum atomic E-state index is -1.58. The van der Waals surface area contributed by atoms with Gasteiger partial charge in [0.15, 0.2) is 28.8 Å². The molecule has 7 heteroatoms. The van der Waals surface area contributed by atoms with Gasteiger partial charge < -0.3 is 28.8 Å². The van der Waals surface area contributed by atoms with Gasteiger partial charge in [0, 0.05) is 5.56 Å². The van der Waals surface area contributed by atoms with Crippen molar-refractivity contribution in [2.45, 2.75) is 19.3 Å². The van der Waals surface area contributed by atoms with Gasteiger partial charge in [-0.25, -0.2) is 0 Å². The SMILES string of the molecule is COc1cccc(/C=C/C(=O)C(O)c2c(OC)ccc(OC)c2OCc2ccccc2)c1OCc1ccccc1. The van der Waals surface area contributed by atoms with Gasteiger partial charge in [-0.2, -0.15) is 0 Å². The van der Waals surface area contributed by atoms with E-state index in [1.54, 1.807) is 43.5 Å². The number of para-hydroxylation sites is 1. The van der Waals surface area contributed by atoms with Crippen molar-refractivity contribution in [1.82, 2.24) is 0 Å². The highest BCUT2D eigenvalue weighted by molar-refractivity contribution is 5.98. The van der Waals surface area contributed by atoms with Crippen LogP contribution in [0.25, 0.3) is 6.08 Å². The van der Waals surface area contributed by atoms with Crippen LogP contribution in [0.4, 0.5) is 0 Å². The fraction of sp³-hybridized carbons (Fsp3) is 0.182. The molecule has 0 aliphatic carbocycles. The van der Waals surface area contributed by atoms with Gasteiger partial charge in [-0.3, -0.25) is 4.79 Å². The first-order valence-corrected chi connectivity index (χ1v) is 12.7. The molecule has 40 heavy (non-hydrogen) atoms. The second-order valence-corrected chi connectivity index (χ2v) is 8.78. The van der Waals surface area contributed by atoms with Gasteiger partial charge in [0.05, 0.1) is 26.9 Å². The molecule has 0 heterocycles. The smallest absolute Gasteiger partial charge is 0.188 e. The highest BCUT2D eigenvalue weighted by Gasteiger charge is 2.27. The average Bonchev–Trinajstić information content (AvgIpc) is 3.01. The zero-order chi connectivity index (χ0) is 28.3. The van der Waals surface area contributed by atoms with Crippen molar-refractivity contribution in [2.24, 2.45) is 0 Å². The maximum atomic E-state index is 13.3. The van der Waals surface area contributed by atoms with Crippen LogP contribution in [0.5, 0.6) is 28.7 Å². The maximum Gasteiger partial charge on any atom is 0.188 e. The van der Waals surface area contributed by atoms with Gasteiger partial charge in [-0.05, 0) is 41.5 Å². The van der Waals surface area contributed by atoms with Crippen molar-refractivity contribution in [2.75, 3.05) is 21.3 Å². The lowest BCUT2D eigenvalue weighted by Gasteiger charge is -2.20. The van der Waals surface area contributed by atoms with Crippen LogP contribution in [-0.4, -0.2) is 32.2 Å². The number of aliphatic hydroxyl groups is 1. The topological polar surface area (TPSA) is 83.5 Å². The van der Waals surface area contributed by atoms with Crippen LogP contribution >= 0.6 is 0 Å². The molecule has 0 aliphatic rings. The Morgan fingerprint density at radius 3 is 1.77 bits per heavy atom. The van der Waals surface area contributed by atoms with E-state index in [1.807, 2.05) is 60.7 Å². The molecule has 1 unspecified atom stereocenters. The maximum absolute atomic E-state index is 13.3. The van der Waals surface area contributed by atoms with E-state index in [4.69, 9.17) is 23.7 Å². The van der Waals surface area contributed by atoms with Crippen LogP contribution in [0, 0.1) is 0 Å². The second-order valence-electron chi connectivity index (χ2n) is 8.78. The molecule has 0 radical (unpaired) electrons. The minimum absolute atomic E-state index is 0.179. The first kappa shape index (κ1) is 28.3. The fourth-order valence-electron chi connectivity index (χ4n) is 4.15. The van der Waals surface area contributed by atoms with Crippen molar-refractivity contribution < 1.29 is 33.6 Å². The molecule has 4 aromatic rings. The van der Waals surface area contributed by atoms with Gasteiger partial charge in [-0.15, -0.1) is 0 Å². The van der Waals surface area contributed by atoms with Crippen molar-refractivity contribution in [1.29, 1.82) is 0 Å². The molecule has 206 valence electrons. The summed E-state index contributed by atoms with van der Waals surface area (Å²) >= 11 is 0. The van der Waals surface area contributed by atoms with Crippen LogP contribution in [0.2, 0.25) is 0 Å². The van der Waals surface area contributed by atoms with Crippen LogP contribution in [0.15, 0.2) is 97.1 Å². The lowest BCUT2D eigenvalue weighted by molar-refractivity contribution is -0.122. The third kappa shape index (κ3) is 6.81. The molecule has 4 aromatic carbocycles. The van der Waals surface area contributed by atoms with E-state index < -0.39 is 11.9 Å². The molecule has 0 aromatic heterocycles. The number of hydrogen-bond donors (Lipinski definition) is 1. The van der Waals surface area contributed by atoms with E-state index >= 15 is 0 Å². The number of hydrogen-bond acceptors (Lipinski definition) is 7. The average molecular weight is 541 g/mol. The number of ether oxygens (including phenoxy) is 5. The number of ketones is 1. The third-order valence-corrected chi connectivity index (χ3v) is 6.21. The van der Waals surface area contributed by atoms with Crippen LogP contribution in [0.3, 0.4) is 0 Å². The predicted molar refractivity (Wildman–Crippen MR) is 153 cm³/mol. The summed E-state index contributed by atoms with van der Waals surface area (Å²) in [5.74, 6) is 1.33. The largest absolute Gasteiger partial charge is 0.496 e. The summed E-state index contributed by atoms with van der Waals surface area (Å²) in [6.45, 7) is 0.530. The normalized spacial score (nSPS) is 11.6. The molecule has 1 atom stereocenters. The first-order valence-electron chi connectivity index (χ1n) is 12.7. The zero-order valence-electron chi connectivity index (χ0n) is 22.7. The van der Waals surface area contributed by atoms with Gasteiger partial charge >= 0.3 is 0 Å². The van der Waals surface area contributed by atoms with E-state index in [2.05, 4.69) is 0 Å². The number of rotatable bonds is 13. The van der Waals surface area contributed by atoms with Crippen molar-refractivity contribution >= 4 is 11.9 Å². The summed E-state index contributed by atoms with van der Waals surface area (Å²) in [5, 5.41) is 11.2. The summed E-state index contributed by atoms with van der Waals surface area (Å²) in [6, 6.07) is 28.0. The van der Waals surface area contributed by atoms with E-state index in [-0.39, 0.29) is 17.9 Å². The molecule has 7 nitrogen and oxygen atoms in total. The molecule has 0 bridgehead atoms.